The van der Waals surface area contributed by atoms with Crippen LogP contribution >= 0.6 is 0 Å². The lowest BCUT2D eigenvalue weighted by atomic mass is 9.96. The number of hydrogen-bond donors (Lipinski definition) is 2. The summed E-state index contributed by atoms with van der Waals surface area (Å²) in [7, 11) is 0. The Balaban J connectivity index is 1.48. The van der Waals surface area contributed by atoms with Gasteiger partial charge in [0.2, 0.25) is 0 Å². The average Bonchev–Trinajstić information content (AvgIpc) is 3.22. The van der Waals surface area contributed by atoms with Gasteiger partial charge in [-0.1, -0.05) is 6.92 Å². The van der Waals surface area contributed by atoms with E-state index in [0.29, 0.717) is 18.2 Å². The van der Waals surface area contributed by atoms with Crippen LogP contribution in [0.3, 0.4) is 0 Å². The lowest BCUT2D eigenvalue weighted by molar-refractivity contribution is 0.0992. The highest BCUT2D eigenvalue weighted by Crippen LogP contribution is 2.34. The molecule has 3 aliphatic rings. The monoisotopic (exact) mass is 308 g/mol. The van der Waals surface area contributed by atoms with Gasteiger partial charge in [0.1, 0.15) is 0 Å². The van der Waals surface area contributed by atoms with Gasteiger partial charge in [0.05, 0.1) is 18.2 Å². The molecule has 3 saturated heterocycles. The predicted molar refractivity (Wildman–Crippen MR) is 90.3 cm³/mol. The van der Waals surface area contributed by atoms with E-state index in [1.165, 1.54) is 45.3 Å². The van der Waals surface area contributed by atoms with Gasteiger partial charge < -0.3 is 20.3 Å². The van der Waals surface area contributed by atoms with Crippen LogP contribution in [0.4, 0.5) is 0 Å². The van der Waals surface area contributed by atoms with Crippen LogP contribution in [-0.4, -0.2) is 61.8 Å². The van der Waals surface area contributed by atoms with E-state index in [1.807, 2.05) is 0 Å². The first-order chi connectivity index (χ1) is 10.8. The molecule has 3 rings (SSSR count). The fourth-order valence-corrected chi connectivity index (χ4v) is 4.09. The number of nitrogens with zero attached hydrogens (tertiary/aromatic N) is 2. The molecule has 0 aliphatic carbocycles. The van der Waals surface area contributed by atoms with Gasteiger partial charge in [0, 0.05) is 19.6 Å². The molecule has 126 valence electrons. The third kappa shape index (κ3) is 3.93. The average molecular weight is 308 g/mol. The lowest BCUT2D eigenvalue weighted by Gasteiger charge is -2.23. The van der Waals surface area contributed by atoms with Crippen LogP contribution in [0.2, 0.25) is 0 Å². The summed E-state index contributed by atoms with van der Waals surface area (Å²) in [6, 6.07) is 0.455. The summed E-state index contributed by atoms with van der Waals surface area (Å²) in [5, 5.41) is 7.01. The van der Waals surface area contributed by atoms with Crippen LogP contribution in [0.15, 0.2) is 4.99 Å². The highest BCUT2D eigenvalue weighted by Gasteiger charge is 2.41. The highest BCUT2D eigenvalue weighted by molar-refractivity contribution is 5.80. The smallest absolute Gasteiger partial charge is 0.191 e. The van der Waals surface area contributed by atoms with E-state index in [1.54, 1.807) is 0 Å². The number of hydrogen-bond acceptors (Lipinski definition) is 3. The molecule has 2 bridgehead atoms. The standard InChI is InChI=1S/C17H32N4O/c1-3-8-21-9-7-13(12-21)11-19-17(18-4-2)20-15-10-14-5-6-16(15)22-14/h13-16H,3-12H2,1-2H3,(H2,18,19,20). The summed E-state index contributed by atoms with van der Waals surface area (Å²) < 4.78 is 5.93. The van der Waals surface area contributed by atoms with Crippen molar-refractivity contribution in [3.63, 3.8) is 0 Å². The number of nitrogens with one attached hydrogen (secondary N) is 2. The van der Waals surface area contributed by atoms with Gasteiger partial charge in [0.15, 0.2) is 5.96 Å². The van der Waals surface area contributed by atoms with Crippen molar-refractivity contribution in [1.29, 1.82) is 0 Å². The van der Waals surface area contributed by atoms with Crippen LogP contribution in [0, 0.1) is 5.92 Å². The van der Waals surface area contributed by atoms with Crippen molar-refractivity contribution in [3.05, 3.63) is 0 Å². The van der Waals surface area contributed by atoms with Crippen molar-refractivity contribution >= 4 is 5.96 Å². The highest BCUT2D eigenvalue weighted by atomic mass is 16.5. The molecule has 0 spiro atoms. The normalized spacial score (nSPS) is 35.3. The van der Waals surface area contributed by atoms with Crippen LogP contribution in [0.25, 0.3) is 0 Å². The summed E-state index contributed by atoms with van der Waals surface area (Å²) in [6.45, 7) is 9.95. The molecule has 0 aromatic rings. The maximum absolute atomic E-state index is 5.93. The Morgan fingerprint density at radius 1 is 1.27 bits per heavy atom. The SMILES string of the molecule is CCCN1CCC(CN=C(NCC)NC2CC3CCC2O3)C1. The van der Waals surface area contributed by atoms with Crippen molar-refractivity contribution in [1.82, 2.24) is 15.5 Å². The van der Waals surface area contributed by atoms with Gasteiger partial charge >= 0.3 is 0 Å². The molecular weight excluding hydrogens is 276 g/mol. The number of fused-ring (bicyclic) bond motifs is 2. The van der Waals surface area contributed by atoms with E-state index in [-0.39, 0.29) is 0 Å². The molecule has 5 nitrogen and oxygen atoms in total. The van der Waals surface area contributed by atoms with E-state index >= 15 is 0 Å². The molecule has 5 heteroatoms. The molecule has 0 aromatic carbocycles. The summed E-state index contributed by atoms with van der Waals surface area (Å²) in [5.74, 6) is 1.70. The summed E-state index contributed by atoms with van der Waals surface area (Å²) in [4.78, 5) is 7.42. The van der Waals surface area contributed by atoms with E-state index in [4.69, 9.17) is 9.73 Å². The maximum atomic E-state index is 5.93. The molecule has 22 heavy (non-hydrogen) atoms. The third-order valence-corrected chi connectivity index (χ3v) is 5.19. The number of rotatable bonds is 6. The minimum Gasteiger partial charge on any atom is -0.373 e. The van der Waals surface area contributed by atoms with Gasteiger partial charge in [-0.2, -0.15) is 0 Å². The zero-order valence-corrected chi connectivity index (χ0v) is 14.2. The largest absolute Gasteiger partial charge is 0.373 e. The molecule has 3 heterocycles. The van der Waals surface area contributed by atoms with Crippen molar-refractivity contribution in [2.45, 2.75) is 64.2 Å². The van der Waals surface area contributed by atoms with Gasteiger partial charge in [-0.15, -0.1) is 0 Å². The molecule has 0 amide bonds. The molecule has 0 aromatic heterocycles. The molecule has 3 aliphatic heterocycles. The minimum absolute atomic E-state index is 0.403. The van der Waals surface area contributed by atoms with Gasteiger partial charge in [-0.25, -0.2) is 0 Å². The molecule has 2 N–H and O–H groups in total. The first-order valence-electron chi connectivity index (χ1n) is 9.21. The molecule has 0 saturated carbocycles. The second kappa shape index (κ2) is 7.64. The summed E-state index contributed by atoms with van der Waals surface area (Å²) >= 11 is 0. The Morgan fingerprint density at radius 3 is 2.86 bits per heavy atom. The molecule has 4 unspecified atom stereocenters. The Kier molecular flexibility index (Phi) is 5.58. The fraction of sp³-hybridized carbons (Fsp3) is 0.941. The minimum atomic E-state index is 0.403. The first kappa shape index (κ1) is 16.1. The number of ether oxygens (including phenoxy) is 1. The Bertz CT molecular complexity index is 387. The maximum Gasteiger partial charge on any atom is 0.191 e. The van der Waals surface area contributed by atoms with E-state index in [9.17, 15) is 0 Å². The number of likely N-dealkylation sites (tertiary alicyclic amines) is 1. The Hall–Kier alpha value is -0.810. The van der Waals surface area contributed by atoms with Crippen molar-refractivity contribution < 1.29 is 4.74 Å². The van der Waals surface area contributed by atoms with Crippen molar-refractivity contribution in [3.8, 4) is 0 Å². The van der Waals surface area contributed by atoms with Crippen LogP contribution in [0.1, 0.15) is 46.0 Å². The quantitative estimate of drug-likeness (QED) is 0.578. The number of aliphatic imine (C=N–C) groups is 1. The molecule has 4 atom stereocenters. The topological polar surface area (TPSA) is 48.9 Å². The van der Waals surface area contributed by atoms with Gasteiger partial charge in [-0.05, 0) is 58.0 Å². The number of guanidine groups is 1. The van der Waals surface area contributed by atoms with Gasteiger partial charge in [0.25, 0.3) is 0 Å². The second-order valence-corrected chi connectivity index (χ2v) is 7.04. The third-order valence-electron chi connectivity index (χ3n) is 5.19. The predicted octanol–water partition coefficient (Wildman–Crippen LogP) is 1.59. The van der Waals surface area contributed by atoms with E-state index in [2.05, 4.69) is 29.4 Å². The van der Waals surface area contributed by atoms with E-state index in [0.717, 1.165) is 31.4 Å². The molecular formula is C17H32N4O. The Labute approximate surface area is 134 Å². The van der Waals surface area contributed by atoms with Crippen LogP contribution < -0.4 is 10.6 Å². The lowest BCUT2D eigenvalue weighted by Crippen LogP contribution is -2.47. The second-order valence-electron chi connectivity index (χ2n) is 7.04. The molecule has 3 fully saturated rings. The van der Waals surface area contributed by atoms with Crippen molar-refractivity contribution in [2.24, 2.45) is 10.9 Å². The fourth-order valence-electron chi connectivity index (χ4n) is 4.09. The van der Waals surface area contributed by atoms with Crippen LogP contribution in [-0.2, 0) is 4.74 Å². The summed E-state index contributed by atoms with van der Waals surface area (Å²) in [6.07, 6.45) is 7.03. The Morgan fingerprint density at radius 2 is 2.18 bits per heavy atom. The zero-order valence-electron chi connectivity index (χ0n) is 14.2. The molecule has 0 radical (unpaired) electrons. The summed E-state index contributed by atoms with van der Waals surface area (Å²) in [5.41, 5.74) is 0. The van der Waals surface area contributed by atoms with Crippen molar-refractivity contribution in [2.75, 3.05) is 32.7 Å². The zero-order chi connectivity index (χ0) is 15.4. The van der Waals surface area contributed by atoms with Crippen LogP contribution in [0.5, 0.6) is 0 Å². The first-order valence-corrected chi connectivity index (χ1v) is 9.21. The van der Waals surface area contributed by atoms with E-state index < -0.39 is 0 Å². The van der Waals surface area contributed by atoms with Gasteiger partial charge in [-0.3, -0.25) is 4.99 Å².